The van der Waals surface area contributed by atoms with Gasteiger partial charge in [-0.15, -0.1) is 12.6 Å². The molecule has 0 spiro atoms. The minimum Gasteiger partial charge on any atom is -0.260 e. The van der Waals surface area contributed by atoms with Crippen LogP contribution in [0.2, 0.25) is 0 Å². The van der Waals surface area contributed by atoms with E-state index in [1.807, 2.05) is 30.5 Å². The van der Waals surface area contributed by atoms with Crippen molar-refractivity contribution in [2.24, 2.45) is 10.9 Å². The lowest BCUT2D eigenvalue weighted by Crippen LogP contribution is -1.85. The average Bonchev–Trinajstić information content (AvgIpc) is 2.03. The first-order valence-corrected chi connectivity index (χ1v) is 4.47. The van der Waals surface area contributed by atoms with Crippen molar-refractivity contribution in [1.82, 2.24) is 0 Å². The molecule has 0 N–H and O–H groups in total. The van der Waals surface area contributed by atoms with Gasteiger partial charge in [0.15, 0.2) is 0 Å². The Morgan fingerprint density at radius 3 is 2.58 bits per heavy atom. The summed E-state index contributed by atoms with van der Waals surface area (Å²) in [5, 5.41) is 0. The van der Waals surface area contributed by atoms with Crippen LogP contribution in [0.4, 0.5) is 5.69 Å². The summed E-state index contributed by atoms with van der Waals surface area (Å²) in [4.78, 5) is 5.23. The predicted octanol–water partition coefficient (Wildman–Crippen LogP) is 3.33. The Bertz CT molecular complexity index is 279. The molecule has 1 rings (SSSR count). The molecule has 64 valence electrons. The van der Waals surface area contributed by atoms with Crippen LogP contribution in [0.3, 0.4) is 0 Å². The molecule has 2 heteroatoms. The highest BCUT2D eigenvalue weighted by Gasteiger charge is 1.93. The molecule has 0 unspecified atom stereocenters. The SMILES string of the molecule is CC(C)C=Nc1ccccc1S. The standard InChI is InChI=1S/C10H13NS/c1-8(2)7-11-9-5-3-4-6-10(9)12/h3-8,12H,1-2H3. The van der Waals surface area contributed by atoms with Gasteiger partial charge in [-0.25, -0.2) is 0 Å². The van der Waals surface area contributed by atoms with Gasteiger partial charge in [0.25, 0.3) is 0 Å². The molecule has 0 aliphatic heterocycles. The fourth-order valence-electron chi connectivity index (χ4n) is 0.803. The van der Waals surface area contributed by atoms with Crippen molar-refractivity contribution in [3.63, 3.8) is 0 Å². The predicted molar refractivity (Wildman–Crippen MR) is 56.7 cm³/mol. The summed E-state index contributed by atoms with van der Waals surface area (Å²) < 4.78 is 0. The second-order valence-electron chi connectivity index (χ2n) is 3.01. The molecule has 0 amide bonds. The zero-order valence-electron chi connectivity index (χ0n) is 7.36. The number of hydrogen-bond acceptors (Lipinski definition) is 2. The second kappa shape index (κ2) is 4.31. The van der Waals surface area contributed by atoms with Crippen molar-refractivity contribution >= 4 is 24.5 Å². The van der Waals surface area contributed by atoms with E-state index < -0.39 is 0 Å². The van der Waals surface area contributed by atoms with Gasteiger partial charge in [0.2, 0.25) is 0 Å². The van der Waals surface area contributed by atoms with Crippen molar-refractivity contribution in [1.29, 1.82) is 0 Å². The lowest BCUT2D eigenvalue weighted by molar-refractivity contribution is 0.907. The molecule has 1 aromatic rings. The van der Waals surface area contributed by atoms with Crippen molar-refractivity contribution in [3.8, 4) is 0 Å². The maximum atomic E-state index is 4.30. The van der Waals surface area contributed by atoms with Gasteiger partial charge < -0.3 is 0 Å². The Balaban J connectivity index is 2.82. The van der Waals surface area contributed by atoms with Crippen LogP contribution in [0.1, 0.15) is 13.8 Å². The minimum atomic E-state index is 0.484. The second-order valence-corrected chi connectivity index (χ2v) is 3.49. The van der Waals surface area contributed by atoms with E-state index in [-0.39, 0.29) is 0 Å². The number of nitrogens with zero attached hydrogens (tertiary/aromatic N) is 1. The molecular weight excluding hydrogens is 166 g/mol. The van der Waals surface area contributed by atoms with Crippen LogP contribution in [0.25, 0.3) is 0 Å². The van der Waals surface area contributed by atoms with Crippen molar-refractivity contribution in [3.05, 3.63) is 24.3 Å². The molecule has 0 aliphatic carbocycles. The molecule has 0 aromatic heterocycles. The maximum absolute atomic E-state index is 4.30. The molecule has 0 heterocycles. The topological polar surface area (TPSA) is 12.4 Å². The first kappa shape index (κ1) is 9.33. The van der Waals surface area contributed by atoms with Crippen LogP contribution in [-0.2, 0) is 0 Å². The fraction of sp³-hybridized carbons (Fsp3) is 0.300. The van der Waals surface area contributed by atoms with Crippen molar-refractivity contribution in [2.75, 3.05) is 0 Å². The van der Waals surface area contributed by atoms with E-state index in [4.69, 9.17) is 0 Å². The lowest BCUT2D eigenvalue weighted by Gasteiger charge is -1.98. The van der Waals surface area contributed by atoms with Gasteiger partial charge in [0.05, 0.1) is 5.69 Å². The molecule has 0 atom stereocenters. The van der Waals surface area contributed by atoms with E-state index in [9.17, 15) is 0 Å². The third-order valence-corrected chi connectivity index (χ3v) is 1.77. The number of hydrogen-bond donors (Lipinski definition) is 1. The van der Waals surface area contributed by atoms with Gasteiger partial charge in [-0.1, -0.05) is 26.0 Å². The molecule has 1 nitrogen and oxygen atoms in total. The Morgan fingerprint density at radius 1 is 1.33 bits per heavy atom. The molecule has 0 fully saturated rings. The summed E-state index contributed by atoms with van der Waals surface area (Å²) in [7, 11) is 0. The number of benzene rings is 1. The van der Waals surface area contributed by atoms with Crippen LogP contribution < -0.4 is 0 Å². The molecule has 0 radical (unpaired) electrons. The molecule has 1 aromatic carbocycles. The summed E-state index contributed by atoms with van der Waals surface area (Å²) in [6.45, 7) is 4.20. The van der Waals surface area contributed by atoms with Gasteiger partial charge in [0, 0.05) is 11.1 Å². The fourth-order valence-corrected chi connectivity index (χ4v) is 1.02. The first-order valence-electron chi connectivity index (χ1n) is 4.02. The van der Waals surface area contributed by atoms with Crippen molar-refractivity contribution in [2.45, 2.75) is 18.7 Å². The largest absolute Gasteiger partial charge is 0.260 e. The highest BCUT2D eigenvalue weighted by Crippen LogP contribution is 2.21. The quantitative estimate of drug-likeness (QED) is 0.528. The van der Waals surface area contributed by atoms with E-state index in [0.717, 1.165) is 10.6 Å². The maximum Gasteiger partial charge on any atom is 0.0758 e. The number of rotatable bonds is 2. The lowest BCUT2D eigenvalue weighted by atomic mass is 10.2. The van der Waals surface area contributed by atoms with Crippen LogP contribution in [0, 0.1) is 5.92 Å². The van der Waals surface area contributed by atoms with Crippen molar-refractivity contribution < 1.29 is 0 Å². The van der Waals surface area contributed by atoms with Gasteiger partial charge in [-0.3, -0.25) is 4.99 Å². The monoisotopic (exact) mass is 179 g/mol. The van der Waals surface area contributed by atoms with Crippen LogP contribution in [0.5, 0.6) is 0 Å². The number of aliphatic imine (C=N–C) groups is 1. The van der Waals surface area contributed by atoms with E-state index >= 15 is 0 Å². The highest BCUT2D eigenvalue weighted by molar-refractivity contribution is 7.80. The third-order valence-electron chi connectivity index (χ3n) is 1.39. The van der Waals surface area contributed by atoms with Crippen LogP contribution >= 0.6 is 12.6 Å². The summed E-state index contributed by atoms with van der Waals surface area (Å²) in [6.07, 6.45) is 1.93. The Morgan fingerprint density at radius 2 is 2.00 bits per heavy atom. The number of thiol groups is 1. The third kappa shape index (κ3) is 2.70. The van der Waals surface area contributed by atoms with E-state index in [1.165, 1.54) is 0 Å². The Hall–Kier alpha value is -0.760. The highest BCUT2D eigenvalue weighted by atomic mass is 32.1. The Labute approximate surface area is 78.9 Å². The Kier molecular flexibility index (Phi) is 3.35. The molecule has 0 bridgehead atoms. The average molecular weight is 179 g/mol. The zero-order chi connectivity index (χ0) is 8.97. The summed E-state index contributed by atoms with van der Waals surface area (Å²) >= 11 is 4.29. The van der Waals surface area contributed by atoms with Gasteiger partial charge in [-0.05, 0) is 18.1 Å². The van der Waals surface area contributed by atoms with Crippen LogP contribution in [0.15, 0.2) is 34.2 Å². The smallest absolute Gasteiger partial charge is 0.0758 e. The summed E-state index contributed by atoms with van der Waals surface area (Å²) in [5.74, 6) is 0.484. The first-order chi connectivity index (χ1) is 5.70. The minimum absolute atomic E-state index is 0.484. The number of para-hydroxylation sites is 1. The van der Waals surface area contributed by atoms with E-state index in [0.29, 0.717) is 5.92 Å². The molecule has 12 heavy (non-hydrogen) atoms. The molecule has 0 saturated carbocycles. The molecule has 0 saturated heterocycles. The van der Waals surface area contributed by atoms with Crippen LogP contribution in [-0.4, -0.2) is 6.21 Å². The van der Waals surface area contributed by atoms with E-state index in [1.54, 1.807) is 0 Å². The van der Waals surface area contributed by atoms with Gasteiger partial charge in [0.1, 0.15) is 0 Å². The summed E-state index contributed by atoms with van der Waals surface area (Å²) in [6, 6.07) is 7.82. The summed E-state index contributed by atoms with van der Waals surface area (Å²) in [5.41, 5.74) is 0.939. The molecular formula is C10H13NS. The zero-order valence-corrected chi connectivity index (χ0v) is 8.25. The normalized spacial score (nSPS) is 11.3. The molecule has 0 aliphatic rings. The van der Waals surface area contributed by atoms with Gasteiger partial charge >= 0.3 is 0 Å². The van der Waals surface area contributed by atoms with Gasteiger partial charge in [-0.2, -0.15) is 0 Å². The van der Waals surface area contributed by atoms with E-state index in [2.05, 4.69) is 31.5 Å².